The van der Waals surface area contributed by atoms with Crippen molar-refractivity contribution in [3.63, 3.8) is 0 Å². The quantitative estimate of drug-likeness (QED) is 0.667. The van der Waals surface area contributed by atoms with Gasteiger partial charge in [-0.2, -0.15) is 0 Å². The Morgan fingerprint density at radius 1 is 1.47 bits per heavy atom. The fourth-order valence-corrected chi connectivity index (χ4v) is 1.72. The van der Waals surface area contributed by atoms with Gasteiger partial charge < -0.3 is 15.3 Å². The molecule has 0 amide bonds. The Morgan fingerprint density at radius 2 is 2.00 bits per heavy atom. The first-order valence-electron chi connectivity index (χ1n) is 5.39. The molecule has 4 heteroatoms. The van der Waals surface area contributed by atoms with Crippen molar-refractivity contribution in [2.24, 2.45) is 5.41 Å². The van der Waals surface area contributed by atoms with Gasteiger partial charge in [0.1, 0.15) is 6.04 Å². The Balaban J connectivity index is 4.06. The van der Waals surface area contributed by atoms with Crippen molar-refractivity contribution in [1.82, 2.24) is 10.2 Å². The molecule has 0 spiro atoms. The molecule has 4 nitrogen and oxygen atoms in total. The minimum atomic E-state index is -0.766. The molecule has 90 valence electrons. The van der Waals surface area contributed by atoms with Crippen LogP contribution in [0.3, 0.4) is 0 Å². The molecule has 0 bridgehead atoms. The number of rotatable bonds is 7. The van der Waals surface area contributed by atoms with E-state index < -0.39 is 12.0 Å². The average Bonchev–Trinajstić information content (AvgIpc) is 2.01. The second-order valence-corrected chi connectivity index (χ2v) is 5.08. The summed E-state index contributed by atoms with van der Waals surface area (Å²) in [6, 6.07) is -0.425. The number of carboxylic acids is 1. The summed E-state index contributed by atoms with van der Waals surface area (Å²) in [5.41, 5.74) is 0.0897. The Bertz CT molecular complexity index is 203. The van der Waals surface area contributed by atoms with Crippen LogP contribution in [0.5, 0.6) is 0 Å². The smallest absolute Gasteiger partial charge is 0.320 e. The van der Waals surface area contributed by atoms with Crippen LogP contribution in [0.25, 0.3) is 0 Å². The van der Waals surface area contributed by atoms with Crippen molar-refractivity contribution in [2.45, 2.75) is 33.2 Å². The maximum Gasteiger partial charge on any atom is 0.320 e. The van der Waals surface area contributed by atoms with Crippen molar-refractivity contribution in [3.8, 4) is 0 Å². The van der Waals surface area contributed by atoms with Crippen LogP contribution in [-0.4, -0.2) is 49.2 Å². The third-order valence-corrected chi connectivity index (χ3v) is 2.28. The summed E-state index contributed by atoms with van der Waals surface area (Å²) in [4.78, 5) is 12.9. The average molecular weight is 216 g/mol. The van der Waals surface area contributed by atoms with Crippen LogP contribution in [0, 0.1) is 5.41 Å². The highest BCUT2D eigenvalue weighted by Crippen LogP contribution is 2.14. The molecular formula is C11H24N2O2. The summed E-state index contributed by atoms with van der Waals surface area (Å²) >= 11 is 0. The highest BCUT2D eigenvalue weighted by Gasteiger charge is 2.22. The second-order valence-electron chi connectivity index (χ2n) is 5.08. The van der Waals surface area contributed by atoms with Crippen LogP contribution in [-0.2, 0) is 4.79 Å². The SMILES string of the molecule is CCC(NCC(C)(C)CN(C)C)C(=O)O. The molecule has 0 aliphatic rings. The summed E-state index contributed by atoms with van der Waals surface area (Å²) in [7, 11) is 4.05. The molecule has 15 heavy (non-hydrogen) atoms. The topological polar surface area (TPSA) is 52.6 Å². The van der Waals surface area contributed by atoms with E-state index in [1.165, 1.54) is 0 Å². The Morgan fingerprint density at radius 3 is 2.33 bits per heavy atom. The van der Waals surface area contributed by atoms with Crippen molar-refractivity contribution in [1.29, 1.82) is 0 Å². The molecule has 0 radical (unpaired) electrons. The predicted molar refractivity (Wildman–Crippen MR) is 62.1 cm³/mol. The van der Waals surface area contributed by atoms with Crippen molar-refractivity contribution in [2.75, 3.05) is 27.2 Å². The van der Waals surface area contributed by atoms with Crippen LogP contribution in [0.4, 0.5) is 0 Å². The standard InChI is InChI=1S/C11H24N2O2/c1-6-9(10(14)15)12-7-11(2,3)8-13(4)5/h9,12H,6-8H2,1-5H3,(H,14,15). The summed E-state index contributed by atoms with van der Waals surface area (Å²) in [6.07, 6.45) is 0.618. The maximum atomic E-state index is 10.8. The lowest BCUT2D eigenvalue weighted by molar-refractivity contribution is -0.139. The van der Waals surface area contributed by atoms with E-state index in [4.69, 9.17) is 5.11 Å². The summed E-state index contributed by atoms with van der Waals surface area (Å²) in [5.74, 6) is -0.766. The number of carboxylic acid groups (broad SMARTS) is 1. The van der Waals surface area contributed by atoms with Gasteiger partial charge >= 0.3 is 5.97 Å². The van der Waals surface area contributed by atoms with Gasteiger partial charge in [0.2, 0.25) is 0 Å². The van der Waals surface area contributed by atoms with Gasteiger partial charge in [-0.3, -0.25) is 4.79 Å². The predicted octanol–water partition coefficient (Wildman–Crippen LogP) is 1.03. The summed E-state index contributed by atoms with van der Waals surface area (Å²) in [6.45, 7) is 7.81. The Hall–Kier alpha value is -0.610. The van der Waals surface area contributed by atoms with Gasteiger partial charge in [-0.1, -0.05) is 20.8 Å². The zero-order valence-corrected chi connectivity index (χ0v) is 10.5. The van der Waals surface area contributed by atoms with Gasteiger partial charge in [0.25, 0.3) is 0 Å². The molecule has 1 unspecified atom stereocenters. The number of hydrogen-bond donors (Lipinski definition) is 2. The Labute approximate surface area is 92.7 Å². The lowest BCUT2D eigenvalue weighted by Gasteiger charge is -2.29. The molecule has 0 saturated carbocycles. The highest BCUT2D eigenvalue weighted by atomic mass is 16.4. The molecule has 0 saturated heterocycles. The first-order valence-corrected chi connectivity index (χ1v) is 5.39. The van der Waals surface area contributed by atoms with E-state index in [9.17, 15) is 4.79 Å². The number of hydrogen-bond acceptors (Lipinski definition) is 3. The zero-order chi connectivity index (χ0) is 12.1. The monoisotopic (exact) mass is 216 g/mol. The summed E-state index contributed by atoms with van der Waals surface area (Å²) < 4.78 is 0. The van der Waals surface area contributed by atoms with E-state index in [0.717, 1.165) is 13.1 Å². The second kappa shape index (κ2) is 6.08. The Kier molecular flexibility index (Phi) is 5.83. The molecule has 0 aliphatic heterocycles. The molecule has 0 rings (SSSR count). The van der Waals surface area contributed by atoms with E-state index >= 15 is 0 Å². The number of carbonyl (C=O) groups is 1. The molecule has 1 atom stereocenters. The van der Waals surface area contributed by atoms with Crippen LogP contribution in [0.1, 0.15) is 27.2 Å². The van der Waals surface area contributed by atoms with E-state index in [0.29, 0.717) is 6.42 Å². The first kappa shape index (κ1) is 14.4. The van der Waals surface area contributed by atoms with Crippen molar-refractivity contribution < 1.29 is 9.90 Å². The molecule has 0 aromatic heterocycles. The van der Waals surface area contributed by atoms with Crippen LogP contribution >= 0.6 is 0 Å². The number of nitrogens with one attached hydrogen (secondary N) is 1. The fraction of sp³-hybridized carbons (Fsp3) is 0.909. The zero-order valence-electron chi connectivity index (χ0n) is 10.5. The third-order valence-electron chi connectivity index (χ3n) is 2.28. The van der Waals surface area contributed by atoms with Gasteiger partial charge in [0, 0.05) is 13.1 Å². The molecule has 2 N–H and O–H groups in total. The minimum absolute atomic E-state index is 0.0897. The van der Waals surface area contributed by atoms with Crippen LogP contribution < -0.4 is 5.32 Å². The van der Waals surface area contributed by atoms with E-state index in [1.54, 1.807) is 0 Å². The molecule has 0 aromatic carbocycles. The van der Waals surface area contributed by atoms with Crippen LogP contribution in [0.2, 0.25) is 0 Å². The molecular weight excluding hydrogens is 192 g/mol. The molecule has 0 fully saturated rings. The lowest BCUT2D eigenvalue weighted by Crippen LogP contribution is -2.44. The third kappa shape index (κ3) is 6.47. The summed E-state index contributed by atoms with van der Waals surface area (Å²) in [5, 5.41) is 12.0. The largest absolute Gasteiger partial charge is 0.480 e. The van der Waals surface area contributed by atoms with E-state index in [2.05, 4.69) is 24.1 Å². The van der Waals surface area contributed by atoms with Gasteiger partial charge in [0.15, 0.2) is 0 Å². The van der Waals surface area contributed by atoms with Crippen LogP contribution in [0.15, 0.2) is 0 Å². The van der Waals surface area contributed by atoms with E-state index in [-0.39, 0.29) is 5.41 Å². The normalized spacial score (nSPS) is 14.3. The molecule has 0 aromatic rings. The number of nitrogens with zero attached hydrogens (tertiary/aromatic N) is 1. The van der Waals surface area contributed by atoms with Gasteiger partial charge in [-0.05, 0) is 25.9 Å². The van der Waals surface area contributed by atoms with Gasteiger partial charge in [-0.25, -0.2) is 0 Å². The van der Waals surface area contributed by atoms with Crippen molar-refractivity contribution in [3.05, 3.63) is 0 Å². The molecule has 0 heterocycles. The maximum absolute atomic E-state index is 10.8. The highest BCUT2D eigenvalue weighted by molar-refractivity contribution is 5.73. The van der Waals surface area contributed by atoms with Gasteiger partial charge in [-0.15, -0.1) is 0 Å². The van der Waals surface area contributed by atoms with E-state index in [1.807, 2.05) is 21.0 Å². The van der Waals surface area contributed by atoms with Gasteiger partial charge in [0.05, 0.1) is 0 Å². The molecule has 0 aliphatic carbocycles. The van der Waals surface area contributed by atoms with Crippen molar-refractivity contribution >= 4 is 5.97 Å². The lowest BCUT2D eigenvalue weighted by atomic mass is 9.92. The number of aliphatic carboxylic acids is 1. The fourth-order valence-electron chi connectivity index (χ4n) is 1.72. The minimum Gasteiger partial charge on any atom is -0.480 e. The first-order chi connectivity index (χ1) is 6.78.